The number of hydrogen-bond acceptors (Lipinski definition) is 2. The van der Waals surface area contributed by atoms with E-state index in [-0.39, 0.29) is 0 Å². The lowest BCUT2D eigenvalue weighted by Gasteiger charge is -2.29. The van der Waals surface area contributed by atoms with Crippen molar-refractivity contribution in [1.82, 2.24) is 5.32 Å². The van der Waals surface area contributed by atoms with Crippen molar-refractivity contribution in [3.8, 4) is 0 Å². The molecule has 1 saturated heterocycles. The first-order chi connectivity index (χ1) is 6.90. The SMILES string of the molecule is CO[C@@H]1CCN[C@@H](c2ccccc2)C1. The van der Waals surface area contributed by atoms with Crippen LogP contribution in [0.25, 0.3) is 0 Å². The van der Waals surface area contributed by atoms with Crippen LogP contribution >= 0.6 is 0 Å². The molecule has 76 valence electrons. The molecule has 2 heteroatoms. The fourth-order valence-electron chi connectivity index (χ4n) is 2.04. The average molecular weight is 191 g/mol. The normalized spacial score (nSPS) is 27.5. The number of methoxy groups -OCH3 is 1. The Kier molecular flexibility index (Phi) is 3.17. The predicted octanol–water partition coefficient (Wildman–Crippen LogP) is 2.13. The molecule has 2 nitrogen and oxygen atoms in total. The van der Waals surface area contributed by atoms with Gasteiger partial charge in [-0.05, 0) is 24.9 Å². The van der Waals surface area contributed by atoms with Crippen LogP contribution < -0.4 is 5.32 Å². The summed E-state index contributed by atoms with van der Waals surface area (Å²) in [7, 11) is 1.80. The fraction of sp³-hybridized carbons (Fsp3) is 0.500. The summed E-state index contributed by atoms with van der Waals surface area (Å²) in [4.78, 5) is 0. The van der Waals surface area contributed by atoms with E-state index in [0.717, 1.165) is 19.4 Å². The first-order valence-electron chi connectivity index (χ1n) is 5.21. The van der Waals surface area contributed by atoms with Gasteiger partial charge >= 0.3 is 0 Å². The molecule has 1 N–H and O–H groups in total. The molecular weight excluding hydrogens is 174 g/mol. The van der Waals surface area contributed by atoms with E-state index >= 15 is 0 Å². The van der Waals surface area contributed by atoms with Crippen LogP contribution in [0.3, 0.4) is 0 Å². The first kappa shape index (κ1) is 9.69. The molecule has 1 aromatic carbocycles. The monoisotopic (exact) mass is 191 g/mol. The molecule has 0 radical (unpaired) electrons. The zero-order valence-corrected chi connectivity index (χ0v) is 8.57. The molecule has 1 aliphatic heterocycles. The standard InChI is InChI=1S/C12H17NO/c1-14-11-7-8-13-12(9-11)10-5-3-2-4-6-10/h2-6,11-13H,7-9H2,1H3/t11-,12-/m1/s1. The van der Waals surface area contributed by atoms with Gasteiger partial charge in [-0.25, -0.2) is 0 Å². The molecular formula is C12H17NO. The Morgan fingerprint density at radius 1 is 1.29 bits per heavy atom. The van der Waals surface area contributed by atoms with Gasteiger partial charge in [-0.3, -0.25) is 0 Å². The smallest absolute Gasteiger partial charge is 0.0601 e. The maximum atomic E-state index is 5.40. The van der Waals surface area contributed by atoms with Crippen molar-refractivity contribution in [2.75, 3.05) is 13.7 Å². The summed E-state index contributed by atoms with van der Waals surface area (Å²) in [5.41, 5.74) is 1.37. The van der Waals surface area contributed by atoms with Gasteiger partial charge in [0.15, 0.2) is 0 Å². The van der Waals surface area contributed by atoms with E-state index in [9.17, 15) is 0 Å². The van der Waals surface area contributed by atoms with Crippen molar-refractivity contribution < 1.29 is 4.74 Å². The molecule has 0 spiro atoms. The van der Waals surface area contributed by atoms with Gasteiger partial charge in [-0.1, -0.05) is 30.3 Å². The summed E-state index contributed by atoms with van der Waals surface area (Å²) >= 11 is 0. The summed E-state index contributed by atoms with van der Waals surface area (Å²) < 4.78 is 5.40. The van der Waals surface area contributed by atoms with E-state index < -0.39 is 0 Å². The predicted molar refractivity (Wildman–Crippen MR) is 57.2 cm³/mol. The van der Waals surface area contributed by atoms with E-state index in [1.807, 2.05) is 0 Å². The van der Waals surface area contributed by atoms with Crippen LogP contribution in [0.2, 0.25) is 0 Å². The number of rotatable bonds is 2. The van der Waals surface area contributed by atoms with E-state index in [1.165, 1.54) is 5.56 Å². The molecule has 1 aromatic rings. The second kappa shape index (κ2) is 4.58. The molecule has 0 bridgehead atoms. The van der Waals surface area contributed by atoms with Crippen LogP contribution in [0.5, 0.6) is 0 Å². The molecule has 0 aliphatic carbocycles. The topological polar surface area (TPSA) is 21.3 Å². The Labute approximate surface area is 85.3 Å². The van der Waals surface area contributed by atoms with Gasteiger partial charge in [-0.15, -0.1) is 0 Å². The lowest BCUT2D eigenvalue weighted by Crippen LogP contribution is -2.35. The molecule has 0 unspecified atom stereocenters. The van der Waals surface area contributed by atoms with Crippen LogP contribution in [0, 0.1) is 0 Å². The van der Waals surface area contributed by atoms with Gasteiger partial charge in [0, 0.05) is 13.2 Å². The molecule has 1 heterocycles. The zero-order chi connectivity index (χ0) is 9.80. The van der Waals surface area contributed by atoms with Crippen molar-refractivity contribution in [2.24, 2.45) is 0 Å². The Balaban J connectivity index is 2.04. The Bertz CT molecular complexity index is 273. The van der Waals surface area contributed by atoms with E-state index in [2.05, 4.69) is 35.6 Å². The number of benzene rings is 1. The third-order valence-electron chi connectivity index (χ3n) is 2.89. The Morgan fingerprint density at radius 2 is 2.07 bits per heavy atom. The number of piperidine rings is 1. The highest BCUT2D eigenvalue weighted by Crippen LogP contribution is 2.24. The average Bonchev–Trinajstić information content (AvgIpc) is 2.30. The van der Waals surface area contributed by atoms with Gasteiger partial charge < -0.3 is 10.1 Å². The third kappa shape index (κ3) is 2.14. The largest absolute Gasteiger partial charge is 0.381 e. The van der Waals surface area contributed by atoms with E-state index in [1.54, 1.807) is 7.11 Å². The maximum Gasteiger partial charge on any atom is 0.0601 e. The van der Waals surface area contributed by atoms with Gasteiger partial charge in [0.1, 0.15) is 0 Å². The summed E-state index contributed by atoms with van der Waals surface area (Å²) in [6.45, 7) is 1.05. The van der Waals surface area contributed by atoms with Gasteiger partial charge in [-0.2, -0.15) is 0 Å². The van der Waals surface area contributed by atoms with E-state index in [4.69, 9.17) is 4.74 Å². The highest BCUT2D eigenvalue weighted by molar-refractivity contribution is 5.19. The summed E-state index contributed by atoms with van der Waals surface area (Å²) in [5.74, 6) is 0. The molecule has 1 aliphatic rings. The number of hydrogen-bond donors (Lipinski definition) is 1. The summed E-state index contributed by atoms with van der Waals surface area (Å²) in [5, 5.41) is 3.52. The molecule has 2 rings (SSSR count). The molecule has 0 saturated carbocycles. The minimum Gasteiger partial charge on any atom is -0.381 e. The highest BCUT2D eigenvalue weighted by atomic mass is 16.5. The fourth-order valence-corrected chi connectivity index (χ4v) is 2.04. The Hall–Kier alpha value is -0.860. The lowest BCUT2D eigenvalue weighted by molar-refractivity contribution is 0.0619. The molecule has 0 aromatic heterocycles. The van der Waals surface area contributed by atoms with Gasteiger partial charge in [0.25, 0.3) is 0 Å². The van der Waals surface area contributed by atoms with Crippen LogP contribution in [-0.2, 0) is 4.74 Å². The minimum atomic E-state index is 0.418. The Morgan fingerprint density at radius 3 is 2.79 bits per heavy atom. The lowest BCUT2D eigenvalue weighted by atomic mass is 9.95. The summed E-state index contributed by atoms with van der Waals surface area (Å²) in [6, 6.07) is 11.1. The minimum absolute atomic E-state index is 0.418. The second-order valence-corrected chi connectivity index (χ2v) is 3.80. The van der Waals surface area contributed by atoms with Crippen LogP contribution in [0.1, 0.15) is 24.4 Å². The van der Waals surface area contributed by atoms with Gasteiger partial charge in [0.2, 0.25) is 0 Å². The van der Waals surface area contributed by atoms with Crippen molar-refractivity contribution >= 4 is 0 Å². The molecule has 2 atom stereocenters. The van der Waals surface area contributed by atoms with Crippen LogP contribution in [0.15, 0.2) is 30.3 Å². The van der Waals surface area contributed by atoms with Crippen molar-refractivity contribution in [3.63, 3.8) is 0 Å². The number of ether oxygens (including phenoxy) is 1. The molecule has 14 heavy (non-hydrogen) atoms. The van der Waals surface area contributed by atoms with Crippen molar-refractivity contribution in [1.29, 1.82) is 0 Å². The first-order valence-corrected chi connectivity index (χ1v) is 5.21. The van der Waals surface area contributed by atoms with E-state index in [0.29, 0.717) is 12.1 Å². The van der Waals surface area contributed by atoms with Crippen LogP contribution in [-0.4, -0.2) is 19.8 Å². The second-order valence-electron chi connectivity index (χ2n) is 3.80. The molecule has 0 amide bonds. The summed E-state index contributed by atoms with van der Waals surface area (Å²) in [6.07, 6.45) is 2.63. The third-order valence-corrected chi connectivity index (χ3v) is 2.89. The van der Waals surface area contributed by atoms with Crippen molar-refractivity contribution in [2.45, 2.75) is 25.0 Å². The number of nitrogens with one attached hydrogen (secondary N) is 1. The zero-order valence-electron chi connectivity index (χ0n) is 8.57. The van der Waals surface area contributed by atoms with Crippen LogP contribution in [0.4, 0.5) is 0 Å². The van der Waals surface area contributed by atoms with Gasteiger partial charge in [0.05, 0.1) is 6.10 Å². The highest BCUT2D eigenvalue weighted by Gasteiger charge is 2.21. The maximum absolute atomic E-state index is 5.40. The van der Waals surface area contributed by atoms with Crippen molar-refractivity contribution in [3.05, 3.63) is 35.9 Å². The molecule has 1 fully saturated rings. The quantitative estimate of drug-likeness (QED) is 0.773.